The summed E-state index contributed by atoms with van der Waals surface area (Å²) in [6, 6.07) is 14.3. The molecule has 1 fully saturated rings. The van der Waals surface area contributed by atoms with E-state index in [2.05, 4.69) is 18.2 Å². The lowest BCUT2D eigenvalue weighted by atomic mass is 10.1. The molecule has 2 heteroatoms. The van der Waals surface area contributed by atoms with Crippen LogP contribution in [0.4, 0.5) is 0 Å². The maximum Gasteiger partial charge on any atom is 0.226 e. The minimum atomic E-state index is -0.0498. The van der Waals surface area contributed by atoms with Gasteiger partial charge in [0.25, 0.3) is 0 Å². The van der Waals surface area contributed by atoms with Crippen LogP contribution in [-0.2, 0) is 4.74 Å². The first-order valence-electron chi connectivity index (χ1n) is 5.14. The molecule has 2 aromatic rings. The lowest BCUT2D eigenvalue weighted by Gasteiger charge is -2.03. The maximum absolute atomic E-state index is 5.62. The van der Waals surface area contributed by atoms with Crippen molar-refractivity contribution in [1.82, 2.24) is 0 Å². The van der Waals surface area contributed by atoms with E-state index in [0.29, 0.717) is 0 Å². The van der Waals surface area contributed by atoms with Crippen LogP contribution in [-0.4, -0.2) is 12.4 Å². The van der Waals surface area contributed by atoms with Crippen LogP contribution in [0.5, 0.6) is 5.75 Å². The van der Waals surface area contributed by atoms with Crippen molar-refractivity contribution in [3.05, 3.63) is 42.5 Å². The predicted octanol–water partition coefficient (Wildman–Crippen LogP) is 2.96. The number of hydrogen-bond acceptors (Lipinski definition) is 2. The number of rotatable bonds is 2. The van der Waals surface area contributed by atoms with Crippen LogP contribution in [0.1, 0.15) is 6.92 Å². The lowest BCUT2D eigenvalue weighted by molar-refractivity contribution is 0.179. The summed E-state index contributed by atoms with van der Waals surface area (Å²) in [6.07, 6.45) is 0.183. The fraction of sp³-hybridized carbons (Fsp3) is 0.231. The van der Waals surface area contributed by atoms with E-state index in [0.717, 1.165) is 5.75 Å². The van der Waals surface area contributed by atoms with Gasteiger partial charge in [0.1, 0.15) is 11.9 Å². The molecule has 0 N–H and O–H groups in total. The number of ether oxygens (including phenoxy) is 2. The number of epoxide rings is 1. The first kappa shape index (κ1) is 8.74. The Morgan fingerprint density at radius 3 is 2.53 bits per heavy atom. The van der Waals surface area contributed by atoms with Gasteiger partial charge in [-0.2, -0.15) is 0 Å². The molecule has 0 aliphatic carbocycles. The third kappa shape index (κ3) is 1.68. The number of fused-ring (bicyclic) bond motifs is 1. The molecule has 0 bridgehead atoms. The normalized spacial score (nSPS) is 24.1. The second-order valence-corrected chi connectivity index (χ2v) is 3.84. The summed E-state index contributed by atoms with van der Waals surface area (Å²) in [5, 5.41) is 2.43. The van der Waals surface area contributed by atoms with Gasteiger partial charge >= 0.3 is 0 Å². The maximum atomic E-state index is 5.62. The van der Waals surface area contributed by atoms with Crippen molar-refractivity contribution in [2.45, 2.75) is 19.3 Å². The summed E-state index contributed by atoms with van der Waals surface area (Å²) in [4.78, 5) is 0. The molecular weight excluding hydrogens is 188 g/mol. The Balaban J connectivity index is 1.92. The van der Waals surface area contributed by atoms with E-state index in [4.69, 9.17) is 9.47 Å². The minimum absolute atomic E-state index is 0.0498. The minimum Gasteiger partial charge on any atom is -0.462 e. The third-order valence-corrected chi connectivity index (χ3v) is 2.63. The Morgan fingerprint density at radius 2 is 1.80 bits per heavy atom. The van der Waals surface area contributed by atoms with Crippen LogP contribution in [0.3, 0.4) is 0 Å². The molecule has 76 valence electrons. The lowest BCUT2D eigenvalue weighted by Crippen LogP contribution is -2.00. The van der Waals surface area contributed by atoms with Crippen LogP contribution < -0.4 is 4.74 Å². The van der Waals surface area contributed by atoms with Crippen LogP contribution in [0, 0.1) is 0 Å². The molecule has 0 amide bonds. The number of hydrogen-bond donors (Lipinski definition) is 0. The summed E-state index contributed by atoms with van der Waals surface area (Å²) in [5.74, 6) is 0.878. The fourth-order valence-electron chi connectivity index (χ4n) is 1.66. The zero-order valence-electron chi connectivity index (χ0n) is 8.51. The Morgan fingerprint density at radius 1 is 1.07 bits per heavy atom. The second kappa shape index (κ2) is 3.24. The molecule has 0 aromatic heterocycles. The highest BCUT2D eigenvalue weighted by Gasteiger charge is 2.36. The Hall–Kier alpha value is -1.54. The Bertz CT molecular complexity index is 493. The van der Waals surface area contributed by atoms with Gasteiger partial charge in [0, 0.05) is 0 Å². The summed E-state index contributed by atoms with van der Waals surface area (Å²) in [7, 11) is 0. The van der Waals surface area contributed by atoms with E-state index >= 15 is 0 Å². The molecule has 2 aromatic carbocycles. The molecule has 3 rings (SSSR count). The summed E-state index contributed by atoms with van der Waals surface area (Å²) >= 11 is 0. The molecule has 0 saturated carbocycles. The van der Waals surface area contributed by atoms with E-state index in [1.54, 1.807) is 0 Å². The van der Waals surface area contributed by atoms with E-state index in [9.17, 15) is 0 Å². The van der Waals surface area contributed by atoms with Gasteiger partial charge in [-0.3, -0.25) is 0 Å². The van der Waals surface area contributed by atoms with Gasteiger partial charge < -0.3 is 9.47 Å². The molecule has 0 radical (unpaired) electrons. The van der Waals surface area contributed by atoms with Crippen LogP contribution in [0.2, 0.25) is 0 Å². The van der Waals surface area contributed by atoms with Crippen molar-refractivity contribution in [1.29, 1.82) is 0 Å². The molecule has 1 aliphatic heterocycles. The average Bonchev–Trinajstić information content (AvgIpc) is 2.94. The van der Waals surface area contributed by atoms with Crippen LogP contribution >= 0.6 is 0 Å². The van der Waals surface area contributed by atoms with Crippen molar-refractivity contribution in [3.63, 3.8) is 0 Å². The highest BCUT2D eigenvalue weighted by atomic mass is 16.8. The zero-order chi connectivity index (χ0) is 10.3. The molecule has 2 unspecified atom stereocenters. The first-order chi connectivity index (χ1) is 7.33. The average molecular weight is 200 g/mol. The van der Waals surface area contributed by atoms with E-state index in [-0.39, 0.29) is 12.4 Å². The monoisotopic (exact) mass is 200 g/mol. The Labute approximate surface area is 88.4 Å². The highest BCUT2D eigenvalue weighted by molar-refractivity contribution is 5.83. The summed E-state index contributed by atoms with van der Waals surface area (Å²) in [5.41, 5.74) is 0. The van der Waals surface area contributed by atoms with E-state index < -0.39 is 0 Å². The number of benzene rings is 2. The summed E-state index contributed by atoms with van der Waals surface area (Å²) in [6.45, 7) is 2.01. The van der Waals surface area contributed by atoms with Gasteiger partial charge in [-0.05, 0) is 29.8 Å². The van der Waals surface area contributed by atoms with Gasteiger partial charge in [-0.25, -0.2) is 0 Å². The van der Waals surface area contributed by atoms with Crippen molar-refractivity contribution >= 4 is 10.8 Å². The molecular formula is C13H12O2. The molecule has 1 heterocycles. The molecule has 2 nitrogen and oxygen atoms in total. The van der Waals surface area contributed by atoms with Crippen molar-refractivity contribution in [2.24, 2.45) is 0 Å². The highest BCUT2D eigenvalue weighted by Crippen LogP contribution is 2.27. The smallest absolute Gasteiger partial charge is 0.226 e. The molecule has 15 heavy (non-hydrogen) atoms. The van der Waals surface area contributed by atoms with Crippen molar-refractivity contribution in [2.75, 3.05) is 0 Å². The van der Waals surface area contributed by atoms with Gasteiger partial charge in [0.15, 0.2) is 0 Å². The SMILES string of the molecule is CC1OC1Oc1ccc2ccccc2c1. The molecule has 1 aliphatic rings. The van der Waals surface area contributed by atoms with Crippen LogP contribution in [0.25, 0.3) is 10.8 Å². The van der Waals surface area contributed by atoms with Gasteiger partial charge in [-0.15, -0.1) is 0 Å². The largest absolute Gasteiger partial charge is 0.462 e. The molecule has 1 saturated heterocycles. The van der Waals surface area contributed by atoms with E-state index in [1.165, 1.54) is 10.8 Å². The van der Waals surface area contributed by atoms with Crippen molar-refractivity contribution in [3.8, 4) is 5.75 Å². The summed E-state index contributed by atoms with van der Waals surface area (Å²) < 4.78 is 10.8. The molecule has 2 atom stereocenters. The standard InChI is InChI=1S/C13H12O2/c1-9-13(14-9)15-12-7-6-10-4-2-3-5-11(10)8-12/h2-9,13H,1H3. The predicted molar refractivity (Wildman–Crippen MR) is 58.9 cm³/mol. The molecule has 0 spiro atoms. The Kier molecular flexibility index (Phi) is 1.89. The van der Waals surface area contributed by atoms with Gasteiger partial charge in [0.2, 0.25) is 6.29 Å². The van der Waals surface area contributed by atoms with Crippen LogP contribution in [0.15, 0.2) is 42.5 Å². The fourth-order valence-corrected chi connectivity index (χ4v) is 1.66. The van der Waals surface area contributed by atoms with Crippen molar-refractivity contribution < 1.29 is 9.47 Å². The second-order valence-electron chi connectivity index (χ2n) is 3.84. The first-order valence-corrected chi connectivity index (χ1v) is 5.14. The van der Waals surface area contributed by atoms with Gasteiger partial charge in [0.05, 0.1) is 0 Å². The quantitative estimate of drug-likeness (QED) is 0.695. The zero-order valence-corrected chi connectivity index (χ0v) is 8.51. The third-order valence-electron chi connectivity index (χ3n) is 2.63. The van der Waals surface area contributed by atoms with Gasteiger partial charge in [-0.1, -0.05) is 30.3 Å². The topological polar surface area (TPSA) is 21.8 Å². The van der Waals surface area contributed by atoms with E-state index in [1.807, 2.05) is 31.2 Å².